The van der Waals surface area contributed by atoms with E-state index in [-0.39, 0.29) is 12.5 Å². The lowest BCUT2D eigenvalue weighted by Gasteiger charge is -2.14. The maximum Gasteiger partial charge on any atom is 0.242 e. The Morgan fingerprint density at radius 3 is 2.68 bits per heavy atom. The molecule has 0 spiro atoms. The number of nitrogens with zero attached hydrogens (tertiary/aromatic N) is 2. The maximum atomic E-state index is 12.2. The molecular weight excluding hydrogens is 280 g/mol. The standard InChI is InChI=1S/C17H20N2O3/c1-18(2)16(21)9-19-15-7-6-12(22-3)8-13(15)14(10-20)17(19)11-4-5-11/h6-8,10-11H,4-5,9H2,1-3H3. The molecule has 0 saturated heterocycles. The minimum atomic E-state index is 0.0204. The van der Waals surface area contributed by atoms with Crippen LogP contribution in [0.2, 0.25) is 0 Å². The van der Waals surface area contributed by atoms with E-state index in [4.69, 9.17) is 4.74 Å². The highest BCUT2D eigenvalue weighted by atomic mass is 16.5. The van der Waals surface area contributed by atoms with Crippen LogP contribution >= 0.6 is 0 Å². The molecule has 0 bridgehead atoms. The molecule has 1 aromatic carbocycles. The van der Waals surface area contributed by atoms with Gasteiger partial charge in [-0.3, -0.25) is 9.59 Å². The quantitative estimate of drug-likeness (QED) is 0.797. The molecule has 1 fully saturated rings. The number of methoxy groups -OCH3 is 1. The average molecular weight is 300 g/mol. The number of amides is 1. The molecule has 0 atom stereocenters. The molecule has 1 aliphatic rings. The van der Waals surface area contributed by atoms with E-state index in [0.29, 0.717) is 17.2 Å². The second kappa shape index (κ2) is 5.48. The fourth-order valence-corrected chi connectivity index (χ4v) is 2.87. The number of hydrogen-bond acceptors (Lipinski definition) is 3. The number of fused-ring (bicyclic) bond motifs is 1. The monoisotopic (exact) mass is 300 g/mol. The van der Waals surface area contributed by atoms with E-state index >= 15 is 0 Å². The van der Waals surface area contributed by atoms with Crippen molar-refractivity contribution in [2.75, 3.05) is 21.2 Å². The third kappa shape index (κ3) is 2.36. The lowest BCUT2D eigenvalue weighted by atomic mass is 10.1. The summed E-state index contributed by atoms with van der Waals surface area (Å²) in [4.78, 5) is 25.4. The van der Waals surface area contributed by atoms with Gasteiger partial charge in [-0.2, -0.15) is 0 Å². The zero-order valence-electron chi connectivity index (χ0n) is 13.1. The molecule has 116 valence electrons. The summed E-state index contributed by atoms with van der Waals surface area (Å²) in [6.07, 6.45) is 3.06. The summed E-state index contributed by atoms with van der Waals surface area (Å²) in [5, 5.41) is 0.864. The second-order valence-corrected chi connectivity index (χ2v) is 5.95. The van der Waals surface area contributed by atoms with Crippen molar-refractivity contribution in [3.8, 4) is 5.75 Å². The van der Waals surface area contributed by atoms with Gasteiger partial charge in [-0.25, -0.2) is 0 Å². The van der Waals surface area contributed by atoms with E-state index in [1.807, 2.05) is 22.8 Å². The van der Waals surface area contributed by atoms with E-state index in [9.17, 15) is 9.59 Å². The van der Waals surface area contributed by atoms with Crippen molar-refractivity contribution in [1.82, 2.24) is 9.47 Å². The molecule has 1 saturated carbocycles. The molecule has 5 nitrogen and oxygen atoms in total. The van der Waals surface area contributed by atoms with Crippen molar-refractivity contribution >= 4 is 23.1 Å². The Kier molecular flexibility index (Phi) is 3.64. The number of rotatable bonds is 5. The first kappa shape index (κ1) is 14.6. The third-order valence-corrected chi connectivity index (χ3v) is 4.23. The third-order valence-electron chi connectivity index (χ3n) is 4.23. The molecular formula is C17H20N2O3. The van der Waals surface area contributed by atoms with Gasteiger partial charge in [0.2, 0.25) is 5.91 Å². The van der Waals surface area contributed by atoms with E-state index in [1.54, 1.807) is 26.1 Å². The van der Waals surface area contributed by atoms with Crippen molar-refractivity contribution < 1.29 is 14.3 Å². The Balaban J connectivity index is 2.21. The first-order valence-electron chi connectivity index (χ1n) is 7.42. The van der Waals surface area contributed by atoms with Crippen LogP contribution in [0.4, 0.5) is 0 Å². The van der Waals surface area contributed by atoms with Crippen molar-refractivity contribution in [1.29, 1.82) is 0 Å². The van der Waals surface area contributed by atoms with Gasteiger partial charge in [0.15, 0.2) is 6.29 Å². The maximum absolute atomic E-state index is 12.2. The zero-order valence-corrected chi connectivity index (χ0v) is 13.1. The van der Waals surface area contributed by atoms with E-state index in [2.05, 4.69) is 0 Å². The number of carbonyl (C=O) groups is 2. The average Bonchev–Trinajstić information content (AvgIpc) is 3.30. The first-order valence-corrected chi connectivity index (χ1v) is 7.42. The molecule has 1 aliphatic carbocycles. The summed E-state index contributed by atoms with van der Waals surface area (Å²) in [7, 11) is 5.10. The van der Waals surface area contributed by atoms with Gasteiger partial charge in [0, 0.05) is 42.2 Å². The number of aromatic nitrogens is 1. The van der Waals surface area contributed by atoms with Gasteiger partial charge in [-0.05, 0) is 31.0 Å². The molecule has 3 rings (SSSR count). The van der Waals surface area contributed by atoms with E-state index < -0.39 is 0 Å². The van der Waals surface area contributed by atoms with Crippen molar-refractivity contribution in [3.63, 3.8) is 0 Å². The normalized spacial score (nSPS) is 14.1. The molecule has 22 heavy (non-hydrogen) atoms. The summed E-state index contributed by atoms with van der Waals surface area (Å²) < 4.78 is 7.26. The van der Waals surface area contributed by atoms with Crippen LogP contribution in [0.15, 0.2) is 18.2 Å². The van der Waals surface area contributed by atoms with Crippen LogP contribution in [-0.2, 0) is 11.3 Å². The van der Waals surface area contributed by atoms with Crippen LogP contribution in [-0.4, -0.2) is 42.9 Å². The van der Waals surface area contributed by atoms with Gasteiger partial charge in [-0.1, -0.05) is 0 Å². The van der Waals surface area contributed by atoms with Crippen LogP contribution in [0.1, 0.15) is 34.8 Å². The van der Waals surface area contributed by atoms with Crippen molar-refractivity contribution in [2.45, 2.75) is 25.3 Å². The highest BCUT2D eigenvalue weighted by Crippen LogP contribution is 2.45. The van der Waals surface area contributed by atoms with E-state index in [1.165, 1.54) is 0 Å². The Labute approximate surface area is 129 Å². The van der Waals surface area contributed by atoms with Crippen LogP contribution in [0, 0.1) is 0 Å². The lowest BCUT2D eigenvalue weighted by Crippen LogP contribution is -2.26. The number of carbonyl (C=O) groups excluding carboxylic acids is 2. The molecule has 0 radical (unpaired) electrons. The highest BCUT2D eigenvalue weighted by molar-refractivity contribution is 6.01. The number of benzene rings is 1. The molecule has 1 aromatic heterocycles. The Morgan fingerprint density at radius 2 is 2.14 bits per heavy atom. The van der Waals surface area contributed by atoms with Crippen LogP contribution in [0.3, 0.4) is 0 Å². The first-order chi connectivity index (χ1) is 10.6. The van der Waals surface area contributed by atoms with Crippen molar-refractivity contribution in [3.05, 3.63) is 29.5 Å². The SMILES string of the molecule is COc1ccc2c(c1)c(C=O)c(C1CC1)n2CC(=O)N(C)C. The molecule has 2 aromatic rings. The Morgan fingerprint density at radius 1 is 1.41 bits per heavy atom. The van der Waals surface area contributed by atoms with Crippen molar-refractivity contribution in [2.24, 2.45) is 0 Å². The Hall–Kier alpha value is -2.30. The van der Waals surface area contributed by atoms with Gasteiger partial charge in [-0.15, -0.1) is 0 Å². The predicted octanol–water partition coefficient (Wildman–Crippen LogP) is 2.43. The molecule has 0 unspecified atom stereocenters. The van der Waals surface area contributed by atoms with Gasteiger partial charge >= 0.3 is 0 Å². The molecule has 5 heteroatoms. The minimum Gasteiger partial charge on any atom is -0.497 e. The summed E-state index contributed by atoms with van der Waals surface area (Å²) in [5.74, 6) is 1.12. The smallest absolute Gasteiger partial charge is 0.242 e. The Bertz CT molecular complexity index is 742. The number of aldehydes is 1. The van der Waals surface area contributed by atoms with Gasteiger partial charge in [0.1, 0.15) is 12.3 Å². The second-order valence-electron chi connectivity index (χ2n) is 5.95. The minimum absolute atomic E-state index is 0.0204. The molecule has 1 amide bonds. The summed E-state index contributed by atoms with van der Waals surface area (Å²) >= 11 is 0. The number of ether oxygens (including phenoxy) is 1. The lowest BCUT2D eigenvalue weighted by molar-refractivity contribution is -0.129. The van der Waals surface area contributed by atoms with Gasteiger partial charge < -0.3 is 14.2 Å². The summed E-state index contributed by atoms with van der Waals surface area (Å²) in [6.45, 7) is 0.259. The highest BCUT2D eigenvalue weighted by Gasteiger charge is 2.32. The molecule has 1 heterocycles. The van der Waals surface area contributed by atoms with Crippen LogP contribution in [0.5, 0.6) is 5.75 Å². The van der Waals surface area contributed by atoms with Crippen LogP contribution in [0.25, 0.3) is 10.9 Å². The number of likely N-dealkylation sites (N-methyl/N-ethyl adjacent to an activating group) is 1. The topological polar surface area (TPSA) is 51.5 Å². The largest absolute Gasteiger partial charge is 0.497 e. The molecule has 0 aliphatic heterocycles. The van der Waals surface area contributed by atoms with Crippen LogP contribution < -0.4 is 4.74 Å². The van der Waals surface area contributed by atoms with Gasteiger partial charge in [0.05, 0.1) is 7.11 Å². The van der Waals surface area contributed by atoms with E-state index in [0.717, 1.165) is 35.7 Å². The zero-order chi connectivity index (χ0) is 15.9. The van der Waals surface area contributed by atoms with Gasteiger partial charge in [0.25, 0.3) is 0 Å². The fourth-order valence-electron chi connectivity index (χ4n) is 2.87. The summed E-state index contributed by atoms with van der Waals surface area (Å²) in [6, 6.07) is 5.67. The molecule has 0 N–H and O–H groups in total. The number of hydrogen-bond donors (Lipinski definition) is 0. The predicted molar refractivity (Wildman–Crippen MR) is 84.5 cm³/mol. The summed E-state index contributed by atoms with van der Waals surface area (Å²) in [5.41, 5.74) is 2.61. The fraction of sp³-hybridized carbons (Fsp3) is 0.412.